The Bertz CT molecular complexity index is 356. The van der Waals surface area contributed by atoms with E-state index in [1.807, 2.05) is 18.2 Å². The fourth-order valence-corrected chi connectivity index (χ4v) is 2.84. The number of hydrogen-bond acceptors (Lipinski definition) is 1. The van der Waals surface area contributed by atoms with Crippen molar-refractivity contribution in [3.05, 3.63) is 34.9 Å². The lowest BCUT2D eigenvalue weighted by Crippen LogP contribution is -2.15. The minimum atomic E-state index is 0.0832. The minimum absolute atomic E-state index is 0.0832. The second-order valence-electron chi connectivity index (χ2n) is 4.99. The second kappa shape index (κ2) is 9.79. The molecule has 0 aromatic heterocycles. The lowest BCUT2D eigenvalue weighted by atomic mass is 10.1. The fourth-order valence-electron chi connectivity index (χ4n) is 2.12. The molecule has 0 amide bonds. The quantitative estimate of drug-likeness (QED) is 0.384. The van der Waals surface area contributed by atoms with Crippen molar-refractivity contribution < 1.29 is 4.74 Å². The van der Waals surface area contributed by atoms with Crippen LogP contribution in [0.5, 0.6) is 0 Å². The van der Waals surface area contributed by atoms with E-state index in [1.165, 1.54) is 25.7 Å². The van der Waals surface area contributed by atoms with E-state index in [0.717, 1.165) is 22.3 Å². The van der Waals surface area contributed by atoms with Gasteiger partial charge in [0.05, 0.1) is 12.2 Å². The van der Waals surface area contributed by atoms with Gasteiger partial charge >= 0.3 is 0 Å². The summed E-state index contributed by atoms with van der Waals surface area (Å²) in [6, 6.07) is 7.92. The average molecular weight is 348 g/mol. The first kappa shape index (κ1) is 17.0. The van der Waals surface area contributed by atoms with Crippen LogP contribution in [0.1, 0.15) is 57.6 Å². The van der Waals surface area contributed by atoms with E-state index >= 15 is 0 Å². The van der Waals surface area contributed by atoms with Crippen LogP contribution >= 0.6 is 27.5 Å². The topological polar surface area (TPSA) is 9.23 Å². The summed E-state index contributed by atoms with van der Waals surface area (Å²) in [5, 5.41) is 1.56. The smallest absolute Gasteiger partial charge is 0.0925 e. The van der Waals surface area contributed by atoms with Crippen LogP contribution in [-0.2, 0) is 4.74 Å². The molecule has 2 unspecified atom stereocenters. The average Bonchev–Trinajstić information content (AvgIpc) is 2.41. The molecule has 108 valence electrons. The van der Waals surface area contributed by atoms with E-state index in [4.69, 9.17) is 16.3 Å². The first-order valence-electron chi connectivity index (χ1n) is 7.14. The molecule has 0 fully saturated rings. The molecule has 0 radical (unpaired) electrons. The molecule has 1 aromatic rings. The molecule has 0 N–H and O–H groups in total. The van der Waals surface area contributed by atoms with Crippen molar-refractivity contribution >= 4 is 27.5 Å². The van der Waals surface area contributed by atoms with Crippen molar-refractivity contribution in [3.8, 4) is 0 Å². The normalized spacial score (nSPS) is 14.3. The molecule has 2 atom stereocenters. The number of alkyl halides is 1. The first-order valence-corrected chi connectivity index (χ1v) is 8.64. The Kier molecular flexibility index (Phi) is 8.76. The minimum Gasteiger partial charge on any atom is -0.370 e. The standard InChI is InChI=1S/C16H24BrClO/c1-3-4-5-6-8-13(2)19-16(12-17)14-9-7-10-15(18)11-14/h7,9-11,13,16H,3-6,8,12H2,1-2H3. The van der Waals surface area contributed by atoms with Crippen molar-refractivity contribution in [3.63, 3.8) is 0 Å². The Hall–Kier alpha value is -0.0500. The van der Waals surface area contributed by atoms with Crippen LogP contribution in [0.25, 0.3) is 0 Å². The number of hydrogen-bond donors (Lipinski definition) is 0. The first-order chi connectivity index (χ1) is 9.17. The molecule has 0 saturated carbocycles. The summed E-state index contributed by atoms with van der Waals surface area (Å²) in [6.07, 6.45) is 6.66. The molecule has 0 heterocycles. The predicted molar refractivity (Wildman–Crippen MR) is 87.3 cm³/mol. The predicted octanol–water partition coefficient (Wildman–Crippen LogP) is 6.15. The third-order valence-corrected chi connectivity index (χ3v) is 4.04. The molecule has 0 bridgehead atoms. The van der Waals surface area contributed by atoms with Gasteiger partial charge < -0.3 is 4.74 Å². The lowest BCUT2D eigenvalue weighted by Gasteiger charge is -2.21. The van der Waals surface area contributed by atoms with E-state index < -0.39 is 0 Å². The van der Waals surface area contributed by atoms with Gasteiger partial charge in [-0.05, 0) is 31.0 Å². The molecular formula is C16H24BrClO. The summed E-state index contributed by atoms with van der Waals surface area (Å²) in [7, 11) is 0. The van der Waals surface area contributed by atoms with Crippen molar-refractivity contribution in [1.29, 1.82) is 0 Å². The largest absolute Gasteiger partial charge is 0.370 e. The van der Waals surface area contributed by atoms with Gasteiger partial charge in [-0.15, -0.1) is 0 Å². The highest BCUT2D eigenvalue weighted by molar-refractivity contribution is 9.09. The monoisotopic (exact) mass is 346 g/mol. The van der Waals surface area contributed by atoms with Crippen molar-refractivity contribution in [1.82, 2.24) is 0 Å². The van der Waals surface area contributed by atoms with Crippen LogP contribution < -0.4 is 0 Å². The highest BCUT2D eigenvalue weighted by Gasteiger charge is 2.14. The summed E-state index contributed by atoms with van der Waals surface area (Å²) < 4.78 is 6.12. The Morgan fingerprint density at radius 1 is 1.26 bits per heavy atom. The number of halogens is 2. The zero-order valence-corrected chi connectivity index (χ0v) is 14.2. The Morgan fingerprint density at radius 2 is 2.05 bits per heavy atom. The Balaban J connectivity index is 2.43. The third kappa shape index (κ3) is 6.78. The van der Waals surface area contributed by atoms with Crippen LogP contribution in [0.3, 0.4) is 0 Å². The van der Waals surface area contributed by atoms with Gasteiger partial charge in [0, 0.05) is 10.4 Å². The molecular weight excluding hydrogens is 324 g/mol. The maximum absolute atomic E-state index is 6.12. The van der Waals surface area contributed by atoms with Crippen LogP contribution in [-0.4, -0.2) is 11.4 Å². The summed E-state index contributed by atoms with van der Waals surface area (Å²) in [5.74, 6) is 0. The number of ether oxygens (including phenoxy) is 1. The number of rotatable bonds is 9. The van der Waals surface area contributed by atoms with E-state index in [2.05, 4.69) is 35.8 Å². The van der Waals surface area contributed by atoms with Gasteiger partial charge in [0.1, 0.15) is 0 Å². The summed E-state index contributed by atoms with van der Waals surface area (Å²) >= 11 is 9.56. The number of unbranched alkanes of at least 4 members (excludes halogenated alkanes) is 3. The summed E-state index contributed by atoms with van der Waals surface area (Å²) in [6.45, 7) is 4.39. The van der Waals surface area contributed by atoms with E-state index in [0.29, 0.717) is 6.10 Å². The van der Waals surface area contributed by atoms with Gasteiger partial charge in [-0.2, -0.15) is 0 Å². The van der Waals surface area contributed by atoms with Crippen LogP contribution in [0.15, 0.2) is 24.3 Å². The number of benzene rings is 1. The third-order valence-electron chi connectivity index (χ3n) is 3.22. The molecule has 0 saturated heterocycles. The molecule has 0 aliphatic heterocycles. The maximum atomic E-state index is 6.12. The van der Waals surface area contributed by atoms with Gasteiger partial charge in [-0.3, -0.25) is 0 Å². The molecule has 1 nitrogen and oxygen atoms in total. The van der Waals surface area contributed by atoms with Gasteiger partial charge in [-0.25, -0.2) is 0 Å². The van der Waals surface area contributed by atoms with E-state index in [-0.39, 0.29) is 6.10 Å². The molecule has 0 aliphatic rings. The molecule has 1 aromatic carbocycles. The van der Waals surface area contributed by atoms with Crippen LogP contribution in [0.2, 0.25) is 5.02 Å². The van der Waals surface area contributed by atoms with Crippen molar-refractivity contribution in [2.24, 2.45) is 0 Å². The zero-order chi connectivity index (χ0) is 14.1. The van der Waals surface area contributed by atoms with E-state index in [1.54, 1.807) is 0 Å². The zero-order valence-electron chi connectivity index (χ0n) is 11.9. The summed E-state index contributed by atoms with van der Waals surface area (Å²) in [4.78, 5) is 0. The SMILES string of the molecule is CCCCCCC(C)OC(CBr)c1cccc(Cl)c1. The van der Waals surface area contributed by atoms with Gasteiger partial charge in [0.2, 0.25) is 0 Å². The lowest BCUT2D eigenvalue weighted by molar-refractivity contribution is 0.00492. The van der Waals surface area contributed by atoms with Gasteiger partial charge in [-0.1, -0.05) is 72.3 Å². The molecule has 0 aliphatic carbocycles. The Labute approximate surface area is 130 Å². The van der Waals surface area contributed by atoms with Crippen molar-refractivity contribution in [2.75, 3.05) is 5.33 Å². The molecule has 19 heavy (non-hydrogen) atoms. The molecule has 1 rings (SSSR count). The van der Waals surface area contributed by atoms with Crippen LogP contribution in [0.4, 0.5) is 0 Å². The van der Waals surface area contributed by atoms with Crippen molar-refractivity contribution in [2.45, 2.75) is 58.2 Å². The second-order valence-corrected chi connectivity index (χ2v) is 6.08. The van der Waals surface area contributed by atoms with E-state index in [9.17, 15) is 0 Å². The fraction of sp³-hybridized carbons (Fsp3) is 0.625. The maximum Gasteiger partial charge on any atom is 0.0925 e. The molecule has 0 spiro atoms. The highest BCUT2D eigenvalue weighted by Crippen LogP contribution is 2.25. The van der Waals surface area contributed by atoms with Gasteiger partial charge in [0.25, 0.3) is 0 Å². The van der Waals surface area contributed by atoms with Crippen LogP contribution in [0, 0.1) is 0 Å². The molecule has 3 heteroatoms. The highest BCUT2D eigenvalue weighted by atomic mass is 79.9. The van der Waals surface area contributed by atoms with Gasteiger partial charge in [0.15, 0.2) is 0 Å². The summed E-state index contributed by atoms with van der Waals surface area (Å²) in [5.41, 5.74) is 1.14. The Morgan fingerprint density at radius 3 is 2.68 bits per heavy atom.